The zero-order valence-electron chi connectivity index (χ0n) is 23.9. The zero-order chi connectivity index (χ0) is 28.2. The SMILES string of the molecule is CN1CCN(C2CCC(n3nc(-c4ccc(NC(=O)CCCc5ccccc5)cc4)c4c(N)ncnc43)CC2)CC1. The standard InChI is InChI=1S/C32H40N8O/c1-38-18-20-39(21-19-38)26-14-16-27(17-15-26)40-32-29(31(33)34-22-35-32)30(37-40)24-10-12-25(13-11-24)36-28(41)9-5-8-23-6-3-2-4-7-23/h2-4,6-7,10-13,22,26-27H,5,8-9,14-21H2,1H3,(H,36,41)(H2,33,34,35). The number of piperazine rings is 1. The van der Waals surface area contributed by atoms with Crippen LogP contribution in [0.4, 0.5) is 11.5 Å². The molecule has 1 saturated heterocycles. The third-order valence-electron chi connectivity index (χ3n) is 8.74. The maximum atomic E-state index is 12.5. The maximum Gasteiger partial charge on any atom is 0.224 e. The first kappa shape index (κ1) is 27.4. The second-order valence-corrected chi connectivity index (χ2v) is 11.5. The van der Waals surface area contributed by atoms with Crippen molar-refractivity contribution in [1.29, 1.82) is 0 Å². The van der Waals surface area contributed by atoms with Crippen LogP contribution in [0.5, 0.6) is 0 Å². The average Bonchev–Trinajstić information content (AvgIpc) is 3.40. The fraction of sp³-hybridized carbons (Fsp3) is 0.438. The van der Waals surface area contributed by atoms with E-state index in [0.29, 0.717) is 24.3 Å². The molecule has 1 amide bonds. The van der Waals surface area contributed by atoms with Crippen molar-refractivity contribution < 1.29 is 4.79 Å². The highest BCUT2D eigenvalue weighted by Gasteiger charge is 2.30. The minimum atomic E-state index is 0.0215. The molecule has 1 aliphatic carbocycles. The van der Waals surface area contributed by atoms with E-state index < -0.39 is 0 Å². The first-order valence-electron chi connectivity index (χ1n) is 14.9. The van der Waals surface area contributed by atoms with E-state index in [1.807, 2.05) is 42.5 Å². The number of hydrogen-bond donors (Lipinski definition) is 2. The van der Waals surface area contributed by atoms with Gasteiger partial charge in [0.15, 0.2) is 5.65 Å². The van der Waals surface area contributed by atoms with Crippen LogP contribution >= 0.6 is 0 Å². The molecule has 41 heavy (non-hydrogen) atoms. The van der Waals surface area contributed by atoms with Gasteiger partial charge in [0.25, 0.3) is 0 Å². The molecule has 3 N–H and O–H groups in total. The first-order valence-corrected chi connectivity index (χ1v) is 14.9. The molecular weight excluding hydrogens is 512 g/mol. The molecule has 2 aromatic carbocycles. The van der Waals surface area contributed by atoms with Crippen LogP contribution in [-0.2, 0) is 11.2 Å². The van der Waals surface area contributed by atoms with Gasteiger partial charge in [0.05, 0.1) is 11.4 Å². The van der Waals surface area contributed by atoms with E-state index in [-0.39, 0.29) is 5.91 Å². The van der Waals surface area contributed by atoms with Crippen LogP contribution in [0.3, 0.4) is 0 Å². The fourth-order valence-electron chi connectivity index (χ4n) is 6.34. The number of aryl methyl sites for hydroxylation is 1. The molecule has 0 atom stereocenters. The molecule has 9 heteroatoms. The van der Waals surface area contributed by atoms with Crippen molar-refractivity contribution in [3.05, 3.63) is 66.5 Å². The van der Waals surface area contributed by atoms with Gasteiger partial charge in [-0.2, -0.15) is 5.10 Å². The molecule has 2 aromatic heterocycles. The predicted octanol–water partition coefficient (Wildman–Crippen LogP) is 4.77. The molecule has 4 aromatic rings. The first-order chi connectivity index (χ1) is 20.0. The molecule has 0 unspecified atom stereocenters. The summed E-state index contributed by atoms with van der Waals surface area (Å²) in [5.41, 5.74) is 10.9. The normalized spacial score (nSPS) is 20.3. The number of rotatable bonds is 8. The van der Waals surface area contributed by atoms with Crippen LogP contribution in [0.25, 0.3) is 22.3 Å². The van der Waals surface area contributed by atoms with Crippen molar-refractivity contribution in [3.8, 4) is 11.3 Å². The van der Waals surface area contributed by atoms with Gasteiger partial charge in [-0.1, -0.05) is 42.5 Å². The number of hydrogen-bond acceptors (Lipinski definition) is 7. The van der Waals surface area contributed by atoms with E-state index >= 15 is 0 Å². The number of amides is 1. The van der Waals surface area contributed by atoms with E-state index in [1.54, 1.807) is 0 Å². The fourth-order valence-corrected chi connectivity index (χ4v) is 6.34. The summed E-state index contributed by atoms with van der Waals surface area (Å²) in [5, 5.41) is 8.90. The molecule has 1 aliphatic heterocycles. The average molecular weight is 553 g/mol. The number of benzene rings is 2. The number of nitrogens with two attached hydrogens (primary N) is 1. The summed E-state index contributed by atoms with van der Waals surface area (Å²) < 4.78 is 2.09. The minimum Gasteiger partial charge on any atom is -0.383 e. The van der Waals surface area contributed by atoms with Crippen molar-refractivity contribution in [2.24, 2.45) is 0 Å². The summed E-state index contributed by atoms with van der Waals surface area (Å²) in [6, 6.07) is 19.0. The summed E-state index contributed by atoms with van der Waals surface area (Å²) in [5.74, 6) is 0.464. The Balaban J connectivity index is 1.12. The van der Waals surface area contributed by atoms with Gasteiger partial charge in [0, 0.05) is 49.9 Å². The van der Waals surface area contributed by atoms with Crippen LogP contribution in [0.2, 0.25) is 0 Å². The van der Waals surface area contributed by atoms with E-state index in [9.17, 15) is 4.79 Å². The molecule has 1 saturated carbocycles. The summed E-state index contributed by atoms with van der Waals surface area (Å²) in [7, 11) is 2.21. The van der Waals surface area contributed by atoms with Gasteiger partial charge in [-0.3, -0.25) is 9.69 Å². The lowest BCUT2D eigenvalue weighted by atomic mass is 9.90. The van der Waals surface area contributed by atoms with Crippen LogP contribution < -0.4 is 11.1 Å². The molecule has 3 heterocycles. The van der Waals surface area contributed by atoms with Crippen molar-refractivity contribution in [2.75, 3.05) is 44.3 Å². The largest absolute Gasteiger partial charge is 0.383 e. The monoisotopic (exact) mass is 552 g/mol. The molecule has 2 aliphatic rings. The number of fused-ring (bicyclic) bond motifs is 1. The van der Waals surface area contributed by atoms with Gasteiger partial charge >= 0.3 is 0 Å². The Hall–Kier alpha value is -3.82. The highest BCUT2D eigenvalue weighted by Crippen LogP contribution is 2.37. The molecule has 214 valence electrons. The number of carbonyl (C=O) groups is 1. The van der Waals surface area contributed by atoms with Gasteiger partial charge < -0.3 is 16.0 Å². The van der Waals surface area contributed by atoms with E-state index in [2.05, 4.69) is 48.9 Å². The molecule has 6 rings (SSSR count). The number of nitrogens with one attached hydrogen (secondary N) is 1. The van der Waals surface area contributed by atoms with Crippen molar-refractivity contribution >= 4 is 28.4 Å². The Labute approximate surface area is 241 Å². The van der Waals surface area contributed by atoms with Crippen LogP contribution in [0, 0.1) is 0 Å². The molecule has 0 radical (unpaired) electrons. The topological polar surface area (TPSA) is 105 Å². The van der Waals surface area contributed by atoms with Gasteiger partial charge in [0.2, 0.25) is 5.91 Å². The lowest BCUT2D eigenvalue weighted by Crippen LogP contribution is -2.49. The summed E-state index contributed by atoms with van der Waals surface area (Å²) in [6.45, 7) is 4.63. The van der Waals surface area contributed by atoms with E-state index in [0.717, 1.165) is 79.8 Å². The summed E-state index contributed by atoms with van der Waals surface area (Å²) in [4.78, 5) is 26.5. The Morgan fingerprint density at radius 2 is 1.63 bits per heavy atom. The highest BCUT2D eigenvalue weighted by molar-refractivity contribution is 5.98. The van der Waals surface area contributed by atoms with Gasteiger partial charge in [-0.15, -0.1) is 0 Å². The third kappa shape index (κ3) is 6.26. The zero-order valence-corrected chi connectivity index (χ0v) is 23.9. The van der Waals surface area contributed by atoms with E-state index in [4.69, 9.17) is 10.8 Å². The molecule has 0 spiro atoms. The molecule has 2 fully saturated rings. The van der Waals surface area contributed by atoms with Gasteiger partial charge in [-0.05, 0) is 63.3 Å². The summed E-state index contributed by atoms with van der Waals surface area (Å²) in [6.07, 6.45) is 8.22. The Bertz CT molecular complexity index is 1450. The lowest BCUT2D eigenvalue weighted by molar-refractivity contribution is -0.116. The number of nitrogen functional groups attached to an aromatic ring is 1. The van der Waals surface area contributed by atoms with Gasteiger partial charge in [0.1, 0.15) is 17.8 Å². The van der Waals surface area contributed by atoms with Crippen LogP contribution in [0.15, 0.2) is 60.9 Å². The van der Waals surface area contributed by atoms with Crippen molar-refractivity contribution in [1.82, 2.24) is 29.5 Å². The van der Waals surface area contributed by atoms with Gasteiger partial charge in [-0.25, -0.2) is 14.6 Å². The Morgan fingerprint density at radius 3 is 2.37 bits per heavy atom. The number of nitrogens with zero attached hydrogens (tertiary/aromatic N) is 6. The van der Waals surface area contributed by atoms with Crippen LogP contribution in [0.1, 0.15) is 50.1 Å². The van der Waals surface area contributed by atoms with Crippen LogP contribution in [-0.4, -0.2) is 74.7 Å². The second kappa shape index (κ2) is 12.4. The molecular formula is C32H40N8O. The minimum absolute atomic E-state index is 0.0215. The molecule has 0 bridgehead atoms. The Kier molecular flexibility index (Phi) is 8.25. The number of anilines is 2. The highest BCUT2D eigenvalue weighted by atomic mass is 16.1. The van der Waals surface area contributed by atoms with Crippen molar-refractivity contribution in [3.63, 3.8) is 0 Å². The smallest absolute Gasteiger partial charge is 0.224 e. The lowest BCUT2D eigenvalue weighted by Gasteiger charge is -2.41. The van der Waals surface area contributed by atoms with Crippen molar-refractivity contribution in [2.45, 2.75) is 57.0 Å². The third-order valence-corrected chi connectivity index (χ3v) is 8.74. The number of likely N-dealkylation sites (N-methyl/N-ethyl adjacent to an activating group) is 1. The maximum absolute atomic E-state index is 12.5. The second-order valence-electron chi connectivity index (χ2n) is 11.5. The van der Waals surface area contributed by atoms with E-state index in [1.165, 1.54) is 24.7 Å². The summed E-state index contributed by atoms with van der Waals surface area (Å²) >= 11 is 0. The predicted molar refractivity (Wildman–Crippen MR) is 164 cm³/mol. The number of aromatic nitrogens is 4. The quantitative estimate of drug-likeness (QED) is 0.324. The molecule has 9 nitrogen and oxygen atoms in total. The Morgan fingerprint density at radius 1 is 0.927 bits per heavy atom. The number of carbonyl (C=O) groups excluding carboxylic acids is 1.